The lowest BCUT2D eigenvalue weighted by Crippen LogP contribution is -2.29. The Balaban J connectivity index is 1.38. The molecular weight excluding hydrogens is 433 g/mol. The van der Waals surface area contributed by atoms with Gasteiger partial charge in [0.05, 0.1) is 19.4 Å². The fourth-order valence-electron chi connectivity index (χ4n) is 2.79. The van der Waals surface area contributed by atoms with Crippen LogP contribution in [-0.2, 0) is 27.3 Å². The smallest absolute Gasteiger partial charge is 0.343 e. The fourth-order valence-corrected chi connectivity index (χ4v) is 3.76. The Bertz CT molecular complexity index is 1000. The van der Waals surface area contributed by atoms with E-state index in [2.05, 4.69) is 15.3 Å². The summed E-state index contributed by atoms with van der Waals surface area (Å²) in [4.78, 5) is 20.4. The van der Waals surface area contributed by atoms with Crippen molar-refractivity contribution in [1.82, 2.24) is 15.3 Å². The molecule has 1 amide bonds. The lowest BCUT2D eigenvalue weighted by atomic mass is 10.1. The second-order valence-corrected chi connectivity index (χ2v) is 8.29. The maximum absolute atomic E-state index is 12.9. The highest BCUT2D eigenvalue weighted by Gasteiger charge is 2.16. The van der Waals surface area contributed by atoms with Crippen LogP contribution in [0.2, 0.25) is 0 Å². The van der Waals surface area contributed by atoms with Crippen molar-refractivity contribution in [3.05, 3.63) is 72.2 Å². The number of ether oxygens (including phenoxy) is 2. The fraction of sp³-hybridized carbons (Fsp3) is 0.261. The van der Waals surface area contributed by atoms with Crippen molar-refractivity contribution >= 4 is 17.1 Å². The summed E-state index contributed by atoms with van der Waals surface area (Å²) in [5.74, 6) is 0.481. The maximum Gasteiger partial charge on any atom is 0.343 e. The van der Waals surface area contributed by atoms with Gasteiger partial charge in [-0.2, -0.15) is 9.97 Å². The van der Waals surface area contributed by atoms with E-state index in [4.69, 9.17) is 9.47 Å². The molecule has 1 aromatic heterocycles. The van der Waals surface area contributed by atoms with Crippen LogP contribution in [0.4, 0.5) is 4.39 Å². The van der Waals surface area contributed by atoms with Crippen LogP contribution in [0.1, 0.15) is 12.0 Å². The first-order valence-electron chi connectivity index (χ1n) is 10.00. The number of amides is 1. The lowest BCUT2D eigenvalue weighted by molar-refractivity contribution is -0.126. The maximum atomic E-state index is 12.9. The quantitative estimate of drug-likeness (QED) is 0.270. The van der Waals surface area contributed by atoms with E-state index in [9.17, 15) is 13.7 Å². The van der Waals surface area contributed by atoms with E-state index < -0.39 is 11.2 Å². The van der Waals surface area contributed by atoms with Gasteiger partial charge in [0.15, 0.2) is 0 Å². The predicted octanol–water partition coefficient (Wildman–Crippen LogP) is 3.12. The van der Waals surface area contributed by atoms with Gasteiger partial charge in [0, 0.05) is 35.9 Å². The Hall–Kier alpha value is -3.01. The van der Waals surface area contributed by atoms with Crippen LogP contribution < -0.4 is 10.1 Å². The van der Waals surface area contributed by atoms with Crippen molar-refractivity contribution in [2.24, 2.45) is 0 Å². The van der Waals surface area contributed by atoms with Gasteiger partial charge >= 0.3 is 5.16 Å². The third-order valence-corrected chi connectivity index (χ3v) is 5.73. The number of methoxy groups -OCH3 is 1. The van der Waals surface area contributed by atoms with Crippen LogP contribution in [0.3, 0.4) is 0 Å². The van der Waals surface area contributed by atoms with Gasteiger partial charge in [-0.05, 0) is 48.0 Å². The second-order valence-electron chi connectivity index (χ2n) is 6.83. The van der Waals surface area contributed by atoms with Crippen LogP contribution in [0, 0.1) is 5.82 Å². The number of hydrogen-bond donors (Lipinski definition) is 1. The number of rotatable bonds is 11. The first kappa shape index (κ1) is 23.6. The molecule has 3 rings (SSSR count). The summed E-state index contributed by atoms with van der Waals surface area (Å²) in [5.41, 5.74) is 2.34. The van der Waals surface area contributed by atoms with Gasteiger partial charge in [-0.25, -0.2) is 4.39 Å². The van der Waals surface area contributed by atoms with Gasteiger partial charge in [-0.3, -0.25) is 4.79 Å². The Morgan fingerprint density at radius 1 is 1.12 bits per heavy atom. The zero-order chi connectivity index (χ0) is 22.8. The van der Waals surface area contributed by atoms with E-state index in [1.807, 2.05) is 24.3 Å². The minimum atomic E-state index is -1.38. The highest BCUT2D eigenvalue weighted by Crippen LogP contribution is 2.21. The van der Waals surface area contributed by atoms with Crippen molar-refractivity contribution in [2.45, 2.75) is 18.2 Å². The monoisotopic (exact) mass is 457 g/mol. The number of nitrogens with zero attached hydrogens (tertiary/aromatic N) is 2. The largest absolute Gasteiger partial charge is 0.609 e. The highest BCUT2D eigenvalue weighted by atomic mass is 32.2. The summed E-state index contributed by atoms with van der Waals surface area (Å²) in [6.45, 7) is 0.482. The molecule has 1 heterocycles. The molecule has 0 bridgehead atoms. The molecule has 9 heteroatoms. The van der Waals surface area contributed by atoms with E-state index in [1.165, 1.54) is 12.1 Å². The van der Waals surface area contributed by atoms with Gasteiger partial charge in [0.1, 0.15) is 23.9 Å². The minimum absolute atomic E-state index is 0.104. The summed E-state index contributed by atoms with van der Waals surface area (Å²) in [6.07, 6.45) is 2.09. The van der Waals surface area contributed by atoms with E-state index in [1.54, 1.807) is 31.5 Å². The van der Waals surface area contributed by atoms with Gasteiger partial charge in [-0.15, -0.1) is 0 Å². The van der Waals surface area contributed by atoms with Crippen molar-refractivity contribution in [2.75, 3.05) is 26.0 Å². The van der Waals surface area contributed by atoms with Gasteiger partial charge in [-0.1, -0.05) is 12.1 Å². The third kappa shape index (κ3) is 7.30. The number of nitrogens with one attached hydrogen (secondary N) is 1. The van der Waals surface area contributed by atoms with Crippen molar-refractivity contribution in [1.29, 1.82) is 0 Å². The summed E-state index contributed by atoms with van der Waals surface area (Å²) in [7, 11) is 1.60. The minimum Gasteiger partial charge on any atom is -0.609 e. The molecule has 0 aliphatic rings. The number of aromatic nitrogens is 2. The molecule has 2 aromatic carbocycles. The summed E-state index contributed by atoms with van der Waals surface area (Å²) >= 11 is -1.38. The van der Waals surface area contributed by atoms with E-state index >= 15 is 0 Å². The molecule has 0 saturated carbocycles. The average molecular weight is 458 g/mol. The molecule has 1 unspecified atom stereocenters. The molecule has 32 heavy (non-hydrogen) atoms. The number of carbonyl (C=O) groups excluding carboxylic acids is 1. The van der Waals surface area contributed by atoms with Gasteiger partial charge < -0.3 is 19.3 Å². The summed E-state index contributed by atoms with van der Waals surface area (Å²) in [5, 5.41) is 2.98. The second kappa shape index (κ2) is 12.1. The van der Waals surface area contributed by atoms with Crippen LogP contribution in [0.25, 0.3) is 11.3 Å². The first-order chi connectivity index (χ1) is 15.5. The van der Waals surface area contributed by atoms with Crippen LogP contribution >= 0.6 is 0 Å². The van der Waals surface area contributed by atoms with Gasteiger partial charge in [0.25, 0.3) is 0 Å². The molecule has 0 radical (unpaired) electrons. The number of hydrogen-bond acceptors (Lipinski definition) is 6. The van der Waals surface area contributed by atoms with E-state index in [0.717, 1.165) is 16.9 Å². The average Bonchev–Trinajstić information content (AvgIpc) is 2.83. The number of benzene rings is 2. The SMILES string of the molecule is COc1ccc(-c2ccnc([S+]([O-])CCCNC(=O)COCc3ccc(F)cc3)n2)cc1. The van der Waals surface area contributed by atoms with E-state index in [0.29, 0.717) is 24.4 Å². The molecule has 0 aliphatic heterocycles. The molecule has 3 aromatic rings. The number of halogens is 1. The summed E-state index contributed by atoms with van der Waals surface area (Å²) < 4.78 is 35.9. The standard InChI is InChI=1S/C23H24FN3O4S/c1-30-20-9-5-18(6-10-20)21-11-13-26-23(27-21)32(29)14-2-12-25-22(28)16-31-15-17-3-7-19(24)8-4-17/h3-11,13H,2,12,14-16H2,1H3,(H,25,28). The molecule has 1 atom stereocenters. The van der Waals surface area contributed by atoms with Crippen LogP contribution in [-0.4, -0.2) is 46.4 Å². The zero-order valence-corrected chi connectivity index (χ0v) is 18.4. The van der Waals surface area contributed by atoms with Crippen molar-refractivity contribution in [3.8, 4) is 17.0 Å². The molecular formula is C23H24FN3O4S. The van der Waals surface area contributed by atoms with Crippen LogP contribution in [0.5, 0.6) is 5.75 Å². The normalized spacial score (nSPS) is 11.7. The predicted molar refractivity (Wildman–Crippen MR) is 119 cm³/mol. The lowest BCUT2D eigenvalue weighted by Gasteiger charge is -2.10. The Labute approximate surface area is 189 Å². The Kier molecular flexibility index (Phi) is 8.97. The molecule has 168 valence electrons. The van der Waals surface area contributed by atoms with Crippen molar-refractivity contribution in [3.63, 3.8) is 0 Å². The molecule has 0 aliphatic carbocycles. The molecule has 7 nitrogen and oxygen atoms in total. The number of carbonyl (C=O) groups is 1. The van der Waals surface area contributed by atoms with E-state index in [-0.39, 0.29) is 30.1 Å². The molecule has 0 saturated heterocycles. The van der Waals surface area contributed by atoms with Crippen molar-refractivity contribution < 1.29 is 23.2 Å². The Morgan fingerprint density at radius 2 is 1.88 bits per heavy atom. The topological polar surface area (TPSA) is 96.4 Å². The third-order valence-electron chi connectivity index (χ3n) is 4.47. The Morgan fingerprint density at radius 3 is 2.59 bits per heavy atom. The zero-order valence-electron chi connectivity index (χ0n) is 17.6. The molecule has 0 spiro atoms. The summed E-state index contributed by atoms with van der Waals surface area (Å²) in [6, 6.07) is 15.1. The van der Waals surface area contributed by atoms with Gasteiger partial charge in [0.2, 0.25) is 5.91 Å². The first-order valence-corrected chi connectivity index (χ1v) is 11.3. The highest BCUT2D eigenvalue weighted by molar-refractivity contribution is 7.91. The molecule has 1 N–H and O–H groups in total. The van der Waals surface area contributed by atoms with Crippen LogP contribution in [0.15, 0.2) is 66.0 Å². The molecule has 0 fully saturated rings.